The van der Waals surface area contributed by atoms with Gasteiger partial charge in [-0.05, 0) is 53.8 Å². The zero-order valence-corrected chi connectivity index (χ0v) is 22.0. The number of nitro groups is 1. The monoisotopic (exact) mass is 557 g/mol. The van der Waals surface area contributed by atoms with Crippen LogP contribution in [0.3, 0.4) is 0 Å². The topological polar surface area (TPSA) is 85.9 Å². The molecular weight excluding hydrogens is 527 g/mol. The molecule has 0 saturated carbocycles. The fraction of sp³-hybridized carbons (Fsp3) is 0.393. The molecule has 0 aliphatic carbocycles. The molecule has 0 radical (unpaired) electrons. The summed E-state index contributed by atoms with van der Waals surface area (Å²) < 4.78 is 51.7. The van der Waals surface area contributed by atoms with E-state index in [1.54, 1.807) is 4.57 Å². The first-order valence-corrected chi connectivity index (χ1v) is 13.0. The van der Waals surface area contributed by atoms with E-state index in [2.05, 4.69) is 14.8 Å². The average Bonchev–Trinajstić information content (AvgIpc) is 3.36. The van der Waals surface area contributed by atoms with E-state index < -0.39 is 22.3 Å². The van der Waals surface area contributed by atoms with E-state index in [0.717, 1.165) is 56.1 Å². The van der Waals surface area contributed by atoms with E-state index in [1.165, 1.54) is 18.3 Å². The lowest BCUT2D eigenvalue weighted by molar-refractivity contribution is -0.389. The molecule has 1 saturated heterocycles. The Kier molecular flexibility index (Phi) is 7.70. The number of ether oxygens (including phenoxy) is 2. The second kappa shape index (κ2) is 11.2. The lowest BCUT2D eigenvalue weighted by Crippen LogP contribution is -2.46. The first-order chi connectivity index (χ1) is 19.1. The van der Waals surface area contributed by atoms with Gasteiger partial charge >= 0.3 is 18.0 Å². The molecule has 2 aliphatic rings. The van der Waals surface area contributed by atoms with Crippen LogP contribution in [0.4, 0.5) is 24.7 Å². The Morgan fingerprint density at radius 3 is 2.42 bits per heavy atom. The van der Waals surface area contributed by atoms with Crippen molar-refractivity contribution in [2.24, 2.45) is 0 Å². The molecule has 2 aliphatic heterocycles. The van der Waals surface area contributed by atoms with E-state index >= 15 is 0 Å². The number of aromatic nitrogens is 2. The number of piperazine rings is 1. The van der Waals surface area contributed by atoms with Crippen LogP contribution >= 0.6 is 0 Å². The van der Waals surface area contributed by atoms with Crippen LogP contribution in [0.5, 0.6) is 11.8 Å². The molecule has 1 fully saturated rings. The summed E-state index contributed by atoms with van der Waals surface area (Å²) in [6.45, 7) is 6.95. The summed E-state index contributed by atoms with van der Waals surface area (Å²) in [6, 6.07) is 13.3. The lowest BCUT2D eigenvalue weighted by Gasteiger charge is -2.35. The van der Waals surface area contributed by atoms with Crippen LogP contribution in [0.25, 0.3) is 6.08 Å². The van der Waals surface area contributed by atoms with Crippen molar-refractivity contribution in [3.63, 3.8) is 0 Å². The number of anilines is 1. The Bertz CT molecular complexity index is 1350. The van der Waals surface area contributed by atoms with Crippen LogP contribution in [0.15, 0.2) is 60.8 Å². The third kappa shape index (κ3) is 6.56. The highest BCUT2D eigenvalue weighted by Gasteiger charge is 2.37. The maximum absolute atomic E-state index is 12.7. The van der Waals surface area contributed by atoms with Gasteiger partial charge in [0, 0.05) is 56.4 Å². The number of hydrogen-bond donors (Lipinski definition) is 0. The van der Waals surface area contributed by atoms with Gasteiger partial charge in [-0.25, -0.2) is 0 Å². The second-order valence-electron chi connectivity index (χ2n) is 10.2. The maximum atomic E-state index is 12.7. The first-order valence-electron chi connectivity index (χ1n) is 13.0. The molecule has 1 aromatic heterocycles. The van der Waals surface area contributed by atoms with Crippen molar-refractivity contribution in [2.75, 3.05) is 44.2 Å². The average molecular weight is 558 g/mol. The number of nitrogens with zero attached hydrogens (tertiary/aromatic N) is 5. The van der Waals surface area contributed by atoms with Gasteiger partial charge in [0.05, 0.1) is 5.56 Å². The fourth-order valence-electron chi connectivity index (χ4n) is 4.74. The van der Waals surface area contributed by atoms with Crippen molar-refractivity contribution >= 4 is 17.6 Å². The molecule has 40 heavy (non-hydrogen) atoms. The molecule has 3 heterocycles. The number of hydrogen-bond acceptors (Lipinski definition) is 7. The van der Waals surface area contributed by atoms with Crippen LogP contribution in [0.2, 0.25) is 0 Å². The number of imidazole rings is 1. The highest BCUT2D eigenvalue weighted by molar-refractivity contribution is 5.51. The van der Waals surface area contributed by atoms with E-state index in [4.69, 9.17) is 9.47 Å². The van der Waals surface area contributed by atoms with Crippen molar-refractivity contribution in [1.82, 2.24) is 14.5 Å². The number of halogens is 3. The van der Waals surface area contributed by atoms with E-state index in [-0.39, 0.29) is 18.4 Å². The van der Waals surface area contributed by atoms with Gasteiger partial charge in [-0.2, -0.15) is 13.2 Å². The molecule has 2 aromatic carbocycles. The highest BCUT2D eigenvalue weighted by atomic mass is 19.4. The molecule has 0 amide bonds. The smallest absolute Gasteiger partial charge is 0.416 e. The van der Waals surface area contributed by atoms with Gasteiger partial charge in [-0.3, -0.25) is 9.47 Å². The summed E-state index contributed by atoms with van der Waals surface area (Å²) in [5.41, 5.74) is 0.553. The van der Waals surface area contributed by atoms with Gasteiger partial charge in [0.25, 0.3) is 0 Å². The van der Waals surface area contributed by atoms with Crippen LogP contribution in [0.1, 0.15) is 24.5 Å². The zero-order chi connectivity index (χ0) is 28.3. The van der Waals surface area contributed by atoms with Crippen LogP contribution in [-0.4, -0.2) is 64.3 Å². The molecular formula is C28H30F3N5O4. The molecule has 1 atom stereocenters. The molecule has 0 N–H and O–H groups in total. The highest BCUT2D eigenvalue weighted by Crippen LogP contribution is 2.31. The minimum atomic E-state index is -4.32. The van der Waals surface area contributed by atoms with Crippen molar-refractivity contribution in [1.29, 1.82) is 0 Å². The molecule has 9 nitrogen and oxygen atoms in total. The van der Waals surface area contributed by atoms with Crippen LogP contribution < -0.4 is 14.4 Å². The van der Waals surface area contributed by atoms with Gasteiger partial charge in [-0.15, -0.1) is 0 Å². The predicted molar refractivity (Wildman–Crippen MR) is 144 cm³/mol. The Hall–Kier alpha value is -4.06. The Morgan fingerprint density at radius 2 is 1.77 bits per heavy atom. The number of alkyl halides is 3. The van der Waals surface area contributed by atoms with Gasteiger partial charge in [0.1, 0.15) is 24.2 Å². The van der Waals surface area contributed by atoms with Crippen molar-refractivity contribution in [2.45, 2.75) is 31.7 Å². The van der Waals surface area contributed by atoms with Crippen LogP contribution in [0, 0.1) is 10.1 Å². The fourth-order valence-corrected chi connectivity index (χ4v) is 4.74. The molecule has 0 spiro atoms. The minimum absolute atomic E-state index is 0.230. The van der Waals surface area contributed by atoms with Gasteiger partial charge in [-0.1, -0.05) is 24.3 Å². The molecule has 0 bridgehead atoms. The largest absolute Gasteiger partial charge is 0.489 e. The summed E-state index contributed by atoms with van der Waals surface area (Å²) in [5, 5.41) is 11.0. The first kappa shape index (κ1) is 27.5. The summed E-state index contributed by atoms with van der Waals surface area (Å²) >= 11 is 0. The number of rotatable bonds is 8. The molecule has 3 aromatic rings. The number of benzene rings is 2. The van der Waals surface area contributed by atoms with E-state index in [0.29, 0.717) is 18.7 Å². The Labute approximate surface area is 229 Å². The zero-order valence-electron chi connectivity index (χ0n) is 22.0. The third-order valence-corrected chi connectivity index (χ3v) is 7.16. The quantitative estimate of drug-likeness (QED) is 0.276. The summed E-state index contributed by atoms with van der Waals surface area (Å²) in [4.78, 5) is 19.0. The molecule has 212 valence electrons. The Morgan fingerprint density at radius 1 is 1.07 bits per heavy atom. The standard InChI is InChI=1S/C28H30F3N5O4/c1-27(12-14-35-19-25(36(37)38)32-26(35)40-27)20-39-24-10-8-23(9-11-24)34-17-15-33(16-18-34)13-2-3-21-4-6-22(7-5-21)28(29,30)31/h2-11,19H,12-18,20H2,1H3/b3-2+. The SMILES string of the molecule is CC1(COc2ccc(N3CCN(C/C=C/c4ccc(C(F)(F)F)cc4)CC3)cc2)CCn2cc([N+](=O)[O-])nc2O1. The predicted octanol–water partition coefficient (Wildman–Crippen LogP) is 5.27. The second-order valence-corrected chi connectivity index (χ2v) is 10.2. The Balaban J connectivity index is 1.06. The van der Waals surface area contributed by atoms with E-state index in [1.807, 2.05) is 43.3 Å². The summed E-state index contributed by atoms with van der Waals surface area (Å²) in [7, 11) is 0. The number of aryl methyl sites for hydroxylation is 1. The van der Waals surface area contributed by atoms with Crippen LogP contribution in [-0.2, 0) is 12.7 Å². The maximum Gasteiger partial charge on any atom is 0.416 e. The molecule has 5 rings (SSSR count). The molecule has 12 heteroatoms. The summed E-state index contributed by atoms with van der Waals surface area (Å²) in [6.07, 6.45) is 1.53. The summed E-state index contributed by atoms with van der Waals surface area (Å²) in [5.74, 6) is 0.478. The third-order valence-electron chi connectivity index (χ3n) is 7.16. The minimum Gasteiger partial charge on any atom is -0.489 e. The van der Waals surface area contributed by atoms with Crippen molar-refractivity contribution < 1.29 is 27.6 Å². The molecule has 1 unspecified atom stereocenters. The lowest BCUT2D eigenvalue weighted by atomic mass is 10.0. The van der Waals surface area contributed by atoms with Gasteiger partial charge < -0.3 is 24.5 Å². The van der Waals surface area contributed by atoms with Gasteiger partial charge in [0.15, 0.2) is 0 Å². The van der Waals surface area contributed by atoms with Crippen molar-refractivity contribution in [3.05, 3.63) is 82.0 Å². The van der Waals surface area contributed by atoms with Crippen molar-refractivity contribution in [3.8, 4) is 11.8 Å². The number of fused-ring (bicyclic) bond motifs is 1. The van der Waals surface area contributed by atoms with Gasteiger partial charge in [0.2, 0.25) is 0 Å². The normalized spacial score (nSPS) is 19.9. The van der Waals surface area contributed by atoms with E-state index in [9.17, 15) is 23.3 Å².